The summed E-state index contributed by atoms with van der Waals surface area (Å²) < 4.78 is 6.81. The smallest absolute Gasteiger partial charge is 0.287 e. The third-order valence-electron chi connectivity index (χ3n) is 4.68. The summed E-state index contributed by atoms with van der Waals surface area (Å²) in [4.78, 5) is 15.0. The molecule has 0 atom stereocenters. The normalized spacial score (nSPS) is 11.0. The minimum Gasteiger partial charge on any atom is -0.451 e. The van der Waals surface area contributed by atoms with Crippen molar-refractivity contribution in [1.82, 2.24) is 15.5 Å². The van der Waals surface area contributed by atoms with Crippen LogP contribution in [0.25, 0.3) is 11.0 Å². The topological polar surface area (TPSA) is 71.3 Å². The van der Waals surface area contributed by atoms with Crippen LogP contribution in [0.3, 0.4) is 0 Å². The van der Waals surface area contributed by atoms with Crippen molar-refractivity contribution in [2.24, 2.45) is 0 Å². The second-order valence-electron chi connectivity index (χ2n) is 6.79. The van der Waals surface area contributed by atoms with Crippen LogP contribution in [0.1, 0.15) is 21.1 Å². The van der Waals surface area contributed by atoms with Crippen molar-refractivity contribution in [3.63, 3.8) is 0 Å². The zero-order valence-corrected chi connectivity index (χ0v) is 18.4. The first-order valence-corrected chi connectivity index (χ1v) is 11.4. The number of nitrogens with zero attached hydrogens (tertiary/aromatic N) is 3. The molecule has 1 N–H and O–H groups in total. The fraction of sp³-hybridized carbons (Fsp3) is 0.227. The minimum absolute atomic E-state index is 0.197. The van der Waals surface area contributed by atoms with Gasteiger partial charge in [0.25, 0.3) is 5.91 Å². The summed E-state index contributed by atoms with van der Waals surface area (Å²) in [6.45, 7) is 3.15. The standard InChI is InChI=1S/C22H22N4O2S2/c1-15-24-25-22(30-15)29-14-18-17-10-6-7-11-19(17)28-20(18)21(27)23-12-13-26(2)16-8-4-3-5-9-16/h3-11H,12-14H2,1-2H3,(H,23,27). The summed E-state index contributed by atoms with van der Waals surface area (Å²) in [5.74, 6) is 0.766. The number of anilines is 1. The first kappa shape index (κ1) is 20.4. The number of thioether (sulfide) groups is 1. The number of hydrogen-bond acceptors (Lipinski definition) is 7. The number of rotatable bonds is 8. The summed E-state index contributed by atoms with van der Waals surface area (Å²) in [6.07, 6.45) is 0. The number of hydrogen-bond donors (Lipinski definition) is 1. The van der Waals surface area contributed by atoms with E-state index in [0.717, 1.165) is 26.0 Å². The molecule has 0 spiro atoms. The Morgan fingerprint density at radius 3 is 2.67 bits per heavy atom. The molecule has 1 amide bonds. The molecule has 8 heteroatoms. The van der Waals surface area contributed by atoms with Gasteiger partial charge < -0.3 is 14.6 Å². The van der Waals surface area contributed by atoms with Crippen LogP contribution < -0.4 is 10.2 Å². The molecule has 4 rings (SSSR count). The van der Waals surface area contributed by atoms with Crippen LogP contribution in [0.4, 0.5) is 5.69 Å². The number of carbonyl (C=O) groups is 1. The first-order valence-electron chi connectivity index (χ1n) is 9.59. The van der Waals surface area contributed by atoms with Gasteiger partial charge in [0.05, 0.1) is 0 Å². The maximum absolute atomic E-state index is 12.9. The third-order valence-corrected chi connectivity index (χ3v) is 6.68. The molecule has 30 heavy (non-hydrogen) atoms. The Balaban J connectivity index is 1.46. The van der Waals surface area contributed by atoms with Crippen LogP contribution in [0.2, 0.25) is 0 Å². The second kappa shape index (κ2) is 9.32. The molecular weight excluding hydrogens is 416 g/mol. The summed E-state index contributed by atoms with van der Waals surface area (Å²) in [6, 6.07) is 17.8. The lowest BCUT2D eigenvalue weighted by molar-refractivity contribution is 0.0928. The lowest BCUT2D eigenvalue weighted by Gasteiger charge is -2.19. The van der Waals surface area contributed by atoms with Crippen molar-refractivity contribution in [3.8, 4) is 0 Å². The summed E-state index contributed by atoms with van der Waals surface area (Å²) in [5, 5.41) is 13.1. The number of aromatic nitrogens is 2. The van der Waals surface area contributed by atoms with Crippen molar-refractivity contribution in [2.45, 2.75) is 17.0 Å². The number of para-hydroxylation sites is 2. The Hall–Kier alpha value is -2.84. The average Bonchev–Trinajstić information content (AvgIpc) is 3.35. The molecule has 0 aliphatic carbocycles. The van der Waals surface area contributed by atoms with Crippen LogP contribution in [0.5, 0.6) is 0 Å². The van der Waals surface area contributed by atoms with E-state index in [4.69, 9.17) is 4.42 Å². The van der Waals surface area contributed by atoms with Crippen LogP contribution in [-0.4, -0.2) is 36.2 Å². The van der Waals surface area contributed by atoms with Gasteiger partial charge >= 0.3 is 0 Å². The van der Waals surface area contributed by atoms with Gasteiger partial charge in [-0.3, -0.25) is 4.79 Å². The highest BCUT2D eigenvalue weighted by Crippen LogP contribution is 2.33. The molecule has 6 nitrogen and oxygen atoms in total. The van der Waals surface area contributed by atoms with Gasteiger partial charge in [-0.1, -0.05) is 59.5 Å². The van der Waals surface area contributed by atoms with Gasteiger partial charge in [0, 0.05) is 42.5 Å². The first-order chi connectivity index (χ1) is 14.6. The molecule has 0 radical (unpaired) electrons. The largest absolute Gasteiger partial charge is 0.451 e. The number of benzene rings is 2. The van der Waals surface area contributed by atoms with Gasteiger partial charge in [0.15, 0.2) is 10.1 Å². The second-order valence-corrected chi connectivity index (χ2v) is 9.20. The number of aryl methyl sites for hydroxylation is 1. The fourth-order valence-electron chi connectivity index (χ4n) is 3.13. The molecule has 2 aromatic carbocycles. The quantitative estimate of drug-likeness (QED) is 0.400. The molecule has 0 aliphatic rings. The maximum atomic E-state index is 12.9. The molecule has 2 heterocycles. The van der Waals surface area contributed by atoms with Gasteiger partial charge in [0.2, 0.25) is 0 Å². The average molecular weight is 439 g/mol. The molecule has 0 saturated heterocycles. The third kappa shape index (κ3) is 4.66. The molecule has 0 bridgehead atoms. The molecular formula is C22H22N4O2S2. The fourth-order valence-corrected chi connectivity index (χ4v) is 4.97. The van der Waals surface area contributed by atoms with E-state index in [1.807, 2.05) is 68.6 Å². The van der Waals surface area contributed by atoms with E-state index in [2.05, 4.69) is 20.4 Å². The van der Waals surface area contributed by atoms with Crippen molar-refractivity contribution in [2.75, 3.05) is 25.0 Å². The molecule has 0 aliphatic heterocycles. The highest BCUT2D eigenvalue weighted by atomic mass is 32.2. The summed E-state index contributed by atoms with van der Waals surface area (Å²) in [7, 11) is 2.01. The molecule has 0 saturated carbocycles. The van der Waals surface area contributed by atoms with E-state index in [1.54, 1.807) is 23.1 Å². The highest BCUT2D eigenvalue weighted by molar-refractivity contribution is 8.00. The van der Waals surface area contributed by atoms with E-state index in [1.165, 1.54) is 0 Å². The predicted molar refractivity (Wildman–Crippen MR) is 122 cm³/mol. The molecule has 4 aromatic rings. The van der Waals surface area contributed by atoms with Crippen molar-refractivity contribution in [1.29, 1.82) is 0 Å². The monoisotopic (exact) mass is 438 g/mol. The lowest BCUT2D eigenvalue weighted by Crippen LogP contribution is -2.33. The van der Waals surface area contributed by atoms with Crippen LogP contribution in [0.15, 0.2) is 63.4 Å². The Morgan fingerprint density at radius 1 is 1.13 bits per heavy atom. The van der Waals surface area contributed by atoms with Crippen molar-refractivity contribution < 1.29 is 9.21 Å². The number of nitrogens with one attached hydrogen (secondary N) is 1. The van der Waals surface area contributed by atoms with Crippen LogP contribution in [0, 0.1) is 6.92 Å². The van der Waals surface area contributed by atoms with Gasteiger partial charge in [-0.2, -0.15) is 0 Å². The number of furan rings is 1. The van der Waals surface area contributed by atoms with Gasteiger partial charge in [-0.15, -0.1) is 10.2 Å². The van der Waals surface area contributed by atoms with Gasteiger partial charge in [-0.05, 0) is 25.1 Å². The maximum Gasteiger partial charge on any atom is 0.287 e. The molecule has 154 valence electrons. The van der Waals surface area contributed by atoms with E-state index in [-0.39, 0.29) is 5.91 Å². The van der Waals surface area contributed by atoms with Gasteiger partial charge in [-0.25, -0.2) is 0 Å². The highest BCUT2D eigenvalue weighted by Gasteiger charge is 2.21. The Bertz CT molecular complexity index is 1140. The minimum atomic E-state index is -0.197. The Labute approximate surface area is 183 Å². The Kier molecular flexibility index (Phi) is 6.35. The van der Waals surface area contributed by atoms with Gasteiger partial charge in [0.1, 0.15) is 10.6 Å². The predicted octanol–water partition coefficient (Wildman–Crippen LogP) is 4.75. The van der Waals surface area contributed by atoms with Crippen molar-refractivity contribution >= 4 is 45.7 Å². The number of carbonyl (C=O) groups excluding carboxylic acids is 1. The van der Waals surface area contributed by atoms with Crippen molar-refractivity contribution in [3.05, 3.63) is 70.9 Å². The van der Waals surface area contributed by atoms with Crippen LogP contribution in [-0.2, 0) is 5.75 Å². The number of likely N-dealkylation sites (N-methyl/N-ethyl adjacent to an activating group) is 1. The van der Waals surface area contributed by atoms with E-state index in [9.17, 15) is 4.79 Å². The van der Waals surface area contributed by atoms with Crippen LogP contribution >= 0.6 is 23.1 Å². The van der Waals surface area contributed by atoms with E-state index >= 15 is 0 Å². The van der Waals surface area contributed by atoms with E-state index in [0.29, 0.717) is 30.2 Å². The zero-order valence-electron chi connectivity index (χ0n) is 16.8. The lowest BCUT2D eigenvalue weighted by atomic mass is 10.1. The summed E-state index contributed by atoms with van der Waals surface area (Å²) in [5.41, 5.74) is 2.71. The SMILES string of the molecule is Cc1nnc(SCc2c(C(=O)NCCN(C)c3ccccc3)oc3ccccc23)s1. The molecule has 0 fully saturated rings. The molecule has 0 unspecified atom stereocenters. The molecule has 2 aromatic heterocycles. The summed E-state index contributed by atoms with van der Waals surface area (Å²) >= 11 is 3.12. The number of fused-ring (bicyclic) bond motifs is 1. The Morgan fingerprint density at radius 2 is 1.90 bits per heavy atom. The van der Waals surface area contributed by atoms with E-state index < -0.39 is 0 Å². The zero-order chi connectivity index (χ0) is 20.9. The number of amides is 1.